The third-order valence-electron chi connectivity index (χ3n) is 4.86. The van der Waals surface area contributed by atoms with Crippen LogP contribution in [-0.2, 0) is 10.3 Å². The van der Waals surface area contributed by atoms with Crippen LogP contribution < -0.4 is 11.2 Å². The first-order chi connectivity index (χ1) is 13.7. The lowest BCUT2D eigenvalue weighted by Crippen LogP contribution is -2.25. The number of nitrogens with two attached hydrogens (primary N) is 1. The Bertz CT molecular complexity index is 1220. The van der Waals surface area contributed by atoms with Gasteiger partial charge in [0.1, 0.15) is 28.7 Å². The highest BCUT2D eigenvalue weighted by Gasteiger charge is 2.44. The Hall–Kier alpha value is -3.20. The van der Waals surface area contributed by atoms with Crippen molar-refractivity contribution in [3.05, 3.63) is 69.4 Å². The third kappa shape index (κ3) is 3.17. The molecule has 0 unspecified atom stereocenters. The summed E-state index contributed by atoms with van der Waals surface area (Å²) < 4.78 is 48.5. The molecule has 0 radical (unpaired) electrons. The van der Waals surface area contributed by atoms with Crippen LogP contribution in [0.15, 0.2) is 35.3 Å². The molecule has 1 fully saturated rings. The highest BCUT2D eigenvalue weighted by atomic mass is 19.1. The molecule has 1 saturated carbocycles. The summed E-state index contributed by atoms with van der Waals surface area (Å²) in [5.41, 5.74) is 3.56. The van der Waals surface area contributed by atoms with Crippen LogP contribution in [0.4, 0.5) is 13.2 Å². The van der Waals surface area contributed by atoms with Gasteiger partial charge in [0.2, 0.25) is 5.43 Å². The van der Waals surface area contributed by atoms with Gasteiger partial charge in [0.05, 0.1) is 28.9 Å². The molecular weight excluding hydrogens is 387 g/mol. The van der Waals surface area contributed by atoms with Gasteiger partial charge in [-0.05, 0) is 38.0 Å². The van der Waals surface area contributed by atoms with Crippen molar-refractivity contribution >= 4 is 17.0 Å². The molecule has 0 spiro atoms. The van der Waals surface area contributed by atoms with Crippen LogP contribution in [0.3, 0.4) is 0 Å². The van der Waals surface area contributed by atoms with Crippen LogP contribution in [0.5, 0.6) is 0 Å². The molecule has 1 aliphatic carbocycles. The highest BCUT2D eigenvalue weighted by Crippen LogP contribution is 2.43. The first kappa shape index (κ1) is 19.1. The lowest BCUT2D eigenvalue weighted by Gasteiger charge is -2.16. The fourth-order valence-electron chi connectivity index (χ4n) is 3.16. The van der Waals surface area contributed by atoms with Crippen molar-refractivity contribution in [1.29, 1.82) is 0 Å². The zero-order chi connectivity index (χ0) is 20.9. The molecule has 150 valence electrons. The molecule has 2 heterocycles. The first-order valence-electron chi connectivity index (χ1n) is 8.93. The van der Waals surface area contributed by atoms with Gasteiger partial charge in [-0.25, -0.2) is 22.9 Å². The maximum atomic E-state index is 14.7. The molecule has 29 heavy (non-hydrogen) atoms. The minimum atomic E-state index is -0.958. The topological polar surface area (TPSA) is 87.2 Å². The van der Waals surface area contributed by atoms with Crippen LogP contribution in [0, 0.1) is 17.5 Å². The van der Waals surface area contributed by atoms with E-state index in [0.29, 0.717) is 18.9 Å². The molecule has 1 aliphatic rings. The Morgan fingerprint density at radius 2 is 1.97 bits per heavy atom. The summed E-state index contributed by atoms with van der Waals surface area (Å²) in [6, 6.07) is 3.73. The fraction of sp³-hybridized carbons (Fsp3) is 0.250. The van der Waals surface area contributed by atoms with Crippen LogP contribution in [-0.4, -0.2) is 22.1 Å². The maximum absolute atomic E-state index is 14.7. The van der Waals surface area contributed by atoms with E-state index in [0.717, 1.165) is 29.0 Å². The van der Waals surface area contributed by atoms with Crippen molar-refractivity contribution in [1.82, 2.24) is 9.55 Å². The SMILES string of the molecule is CCOC(=O)c1cn(-c2ccc(F)cc2F)c2nc(C3(N)CC3)c(F)cc2c1=O. The minimum Gasteiger partial charge on any atom is -0.462 e. The van der Waals surface area contributed by atoms with E-state index in [2.05, 4.69) is 4.98 Å². The normalized spacial score (nSPS) is 14.8. The predicted molar refractivity (Wildman–Crippen MR) is 98.3 cm³/mol. The number of fused-ring (bicyclic) bond motifs is 1. The van der Waals surface area contributed by atoms with Gasteiger partial charge >= 0.3 is 5.97 Å². The van der Waals surface area contributed by atoms with Crippen LogP contribution >= 0.6 is 0 Å². The summed E-state index contributed by atoms with van der Waals surface area (Å²) in [7, 11) is 0. The number of benzene rings is 1. The standard InChI is InChI=1S/C20H16F3N3O3/c1-2-29-19(28)12-9-26(15-4-3-10(21)7-13(15)22)18-11(16(12)27)8-14(23)17(25-18)20(24)5-6-20/h3-4,7-9H,2,5-6,24H2,1H3. The molecule has 0 aliphatic heterocycles. The van der Waals surface area contributed by atoms with E-state index in [1.165, 1.54) is 0 Å². The number of ether oxygens (including phenoxy) is 1. The van der Waals surface area contributed by atoms with Crippen molar-refractivity contribution < 1.29 is 22.7 Å². The zero-order valence-electron chi connectivity index (χ0n) is 15.3. The molecule has 0 bridgehead atoms. The molecule has 6 nitrogen and oxygen atoms in total. The smallest absolute Gasteiger partial charge is 0.343 e. The molecule has 0 saturated heterocycles. The summed E-state index contributed by atoms with van der Waals surface area (Å²) in [5, 5.41) is -0.246. The number of rotatable bonds is 4. The lowest BCUT2D eigenvalue weighted by molar-refractivity contribution is 0.0524. The molecule has 2 N–H and O–H groups in total. The van der Waals surface area contributed by atoms with E-state index >= 15 is 0 Å². The number of halogens is 3. The van der Waals surface area contributed by atoms with E-state index in [1.807, 2.05) is 0 Å². The number of esters is 1. The Morgan fingerprint density at radius 3 is 2.59 bits per heavy atom. The number of carbonyl (C=O) groups excluding carboxylic acids is 1. The zero-order valence-corrected chi connectivity index (χ0v) is 15.3. The number of nitrogens with zero attached hydrogens (tertiary/aromatic N) is 2. The van der Waals surface area contributed by atoms with Crippen molar-refractivity contribution in [2.24, 2.45) is 5.73 Å². The van der Waals surface area contributed by atoms with Gasteiger partial charge in [-0.1, -0.05) is 0 Å². The van der Waals surface area contributed by atoms with Crippen molar-refractivity contribution in [2.45, 2.75) is 25.3 Å². The number of carbonyl (C=O) groups is 1. The molecule has 0 atom stereocenters. The lowest BCUT2D eigenvalue weighted by atomic mass is 10.1. The van der Waals surface area contributed by atoms with Gasteiger partial charge in [0, 0.05) is 12.3 Å². The number of aromatic nitrogens is 2. The average molecular weight is 403 g/mol. The van der Waals surface area contributed by atoms with E-state index in [1.54, 1.807) is 6.92 Å². The molecule has 2 aromatic heterocycles. The largest absolute Gasteiger partial charge is 0.462 e. The number of pyridine rings is 2. The Balaban J connectivity index is 2.09. The average Bonchev–Trinajstić information content (AvgIpc) is 3.41. The van der Waals surface area contributed by atoms with Gasteiger partial charge < -0.3 is 10.5 Å². The van der Waals surface area contributed by atoms with Crippen molar-refractivity contribution in [3.63, 3.8) is 0 Å². The van der Waals surface area contributed by atoms with Crippen molar-refractivity contribution in [3.8, 4) is 5.69 Å². The predicted octanol–water partition coefficient (Wildman–Crippen LogP) is 2.93. The Labute approximate surface area is 162 Å². The van der Waals surface area contributed by atoms with Gasteiger partial charge in [-0.3, -0.25) is 9.36 Å². The monoisotopic (exact) mass is 403 g/mol. The molecule has 4 rings (SSSR count). The summed E-state index contributed by atoms with van der Waals surface area (Å²) >= 11 is 0. The summed E-state index contributed by atoms with van der Waals surface area (Å²) in [6.45, 7) is 1.56. The highest BCUT2D eigenvalue weighted by molar-refractivity contribution is 5.93. The second kappa shape index (κ2) is 6.70. The van der Waals surface area contributed by atoms with Gasteiger partial charge in [-0.2, -0.15) is 0 Å². The molecular formula is C20H16F3N3O3. The van der Waals surface area contributed by atoms with Crippen molar-refractivity contribution in [2.75, 3.05) is 6.61 Å². The first-order valence-corrected chi connectivity index (χ1v) is 8.93. The van der Waals surface area contributed by atoms with Crippen LogP contribution in [0.1, 0.15) is 35.8 Å². The number of hydrogen-bond acceptors (Lipinski definition) is 5. The van der Waals surface area contributed by atoms with Crippen LogP contribution in [0.2, 0.25) is 0 Å². The molecule has 3 aromatic rings. The summed E-state index contributed by atoms with van der Waals surface area (Å²) in [6.07, 6.45) is 2.08. The van der Waals surface area contributed by atoms with Crippen LogP contribution in [0.25, 0.3) is 16.7 Å². The Kier molecular flexibility index (Phi) is 4.42. The van der Waals surface area contributed by atoms with E-state index in [4.69, 9.17) is 10.5 Å². The molecule has 9 heteroatoms. The second-order valence-corrected chi connectivity index (χ2v) is 6.90. The summed E-state index contributed by atoms with van der Waals surface area (Å²) in [5.74, 6) is -3.49. The van der Waals surface area contributed by atoms with E-state index in [-0.39, 0.29) is 29.0 Å². The molecule has 0 amide bonds. The van der Waals surface area contributed by atoms with Gasteiger partial charge in [0.25, 0.3) is 0 Å². The van der Waals surface area contributed by atoms with E-state index < -0.39 is 40.0 Å². The Morgan fingerprint density at radius 1 is 1.24 bits per heavy atom. The quantitative estimate of drug-likeness (QED) is 0.677. The van der Waals surface area contributed by atoms with E-state index in [9.17, 15) is 22.8 Å². The third-order valence-corrected chi connectivity index (χ3v) is 4.86. The van der Waals surface area contributed by atoms with Gasteiger partial charge in [-0.15, -0.1) is 0 Å². The second-order valence-electron chi connectivity index (χ2n) is 6.90. The molecule has 1 aromatic carbocycles. The summed E-state index contributed by atoms with van der Waals surface area (Å²) in [4.78, 5) is 29.2. The number of hydrogen-bond donors (Lipinski definition) is 1. The fourth-order valence-corrected chi connectivity index (χ4v) is 3.16. The minimum absolute atomic E-state index is 0.00244. The maximum Gasteiger partial charge on any atom is 0.343 e. The van der Waals surface area contributed by atoms with Gasteiger partial charge in [0.15, 0.2) is 0 Å².